The number of thioether (sulfide) groups is 1. The van der Waals surface area contributed by atoms with Gasteiger partial charge in [-0.1, -0.05) is 11.8 Å². The van der Waals surface area contributed by atoms with Gasteiger partial charge in [-0.3, -0.25) is 0 Å². The lowest BCUT2D eigenvalue weighted by molar-refractivity contribution is 0.373. The van der Waals surface area contributed by atoms with Gasteiger partial charge in [-0.2, -0.15) is 18.1 Å². The molecule has 0 amide bonds. The highest BCUT2D eigenvalue weighted by Crippen LogP contribution is 2.24. The molecule has 1 aromatic rings. The lowest BCUT2D eigenvalue weighted by Gasteiger charge is -1.93. The van der Waals surface area contributed by atoms with Crippen LogP contribution in [0.25, 0.3) is 0 Å². The largest absolute Gasteiger partial charge is 0.301 e. The molecule has 0 saturated carbocycles. The highest BCUT2D eigenvalue weighted by Gasteiger charge is 2.07. The van der Waals surface area contributed by atoms with Crippen molar-refractivity contribution in [3.8, 4) is 0 Å². The normalized spacial score (nSPS) is 10.3. The molecule has 1 aromatic heterocycles. The molecule has 0 radical (unpaired) electrons. The van der Waals surface area contributed by atoms with Crippen LogP contribution in [0.2, 0.25) is 5.28 Å². The van der Waals surface area contributed by atoms with Crippen LogP contribution in [0.1, 0.15) is 6.42 Å². The zero-order valence-corrected chi connectivity index (χ0v) is 9.03. The maximum atomic E-state index is 12.3. The van der Waals surface area contributed by atoms with Crippen molar-refractivity contribution in [2.24, 2.45) is 0 Å². The van der Waals surface area contributed by atoms with Crippen molar-refractivity contribution in [2.75, 3.05) is 5.75 Å². The van der Waals surface area contributed by atoms with E-state index >= 15 is 0 Å². The van der Waals surface area contributed by atoms with E-state index in [2.05, 4.69) is 9.36 Å². The van der Waals surface area contributed by atoms with Gasteiger partial charge >= 0.3 is 6.08 Å². The topological polar surface area (TPSA) is 25.8 Å². The molecular formula is C6H4ClF3N2S2. The van der Waals surface area contributed by atoms with Crippen LogP contribution in [0.5, 0.6) is 0 Å². The van der Waals surface area contributed by atoms with E-state index < -0.39 is 11.9 Å². The Morgan fingerprint density at radius 2 is 2.14 bits per heavy atom. The van der Waals surface area contributed by atoms with Gasteiger partial charge in [0.05, 0.1) is 0 Å². The van der Waals surface area contributed by atoms with Gasteiger partial charge in [0.25, 0.3) is 0 Å². The molecule has 0 aliphatic carbocycles. The number of aromatic nitrogens is 2. The van der Waals surface area contributed by atoms with E-state index in [0.29, 0.717) is 4.34 Å². The van der Waals surface area contributed by atoms with Crippen LogP contribution < -0.4 is 0 Å². The minimum atomic E-state index is -2.26. The Bertz CT molecular complexity index is 338. The zero-order valence-electron chi connectivity index (χ0n) is 6.64. The molecule has 8 heteroatoms. The molecule has 0 unspecified atom stereocenters. The lowest BCUT2D eigenvalue weighted by atomic mass is 10.4. The predicted molar refractivity (Wildman–Crippen MR) is 50.6 cm³/mol. The average molecular weight is 261 g/mol. The van der Waals surface area contributed by atoms with Gasteiger partial charge in [-0.05, 0) is 23.1 Å². The van der Waals surface area contributed by atoms with Crippen molar-refractivity contribution < 1.29 is 13.2 Å². The molecule has 0 N–H and O–H groups in total. The van der Waals surface area contributed by atoms with E-state index in [1.807, 2.05) is 0 Å². The Morgan fingerprint density at radius 1 is 1.43 bits per heavy atom. The maximum Gasteiger partial charge on any atom is 0.301 e. The van der Waals surface area contributed by atoms with E-state index in [1.54, 1.807) is 0 Å². The van der Waals surface area contributed by atoms with Crippen LogP contribution in [0.4, 0.5) is 13.2 Å². The molecule has 0 aromatic carbocycles. The second-order valence-corrected chi connectivity index (χ2v) is 4.53. The Hall–Kier alpha value is -0.270. The standard InChI is InChI=1S/C6H4ClF3N2S2/c7-5-11-6(14-12-5)13-2-1-3(8)4(9)10/h1-2H2. The van der Waals surface area contributed by atoms with E-state index in [9.17, 15) is 13.2 Å². The van der Waals surface area contributed by atoms with E-state index in [1.165, 1.54) is 0 Å². The number of halogens is 4. The summed E-state index contributed by atoms with van der Waals surface area (Å²) >= 11 is 7.62. The number of nitrogens with zero attached hydrogens (tertiary/aromatic N) is 2. The minimum Gasteiger partial charge on any atom is -0.206 e. The highest BCUT2D eigenvalue weighted by atomic mass is 35.5. The van der Waals surface area contributed by atoms with Gasteiger partial charge in [0.2, 0.25) is 5.28 Å². The smallest absolute Gasteiger partial charge is 0.206 e. The Kier molecular flexibility index (Phi) is 4.70. The van der Waals surface area contributed by atoms with Crippen LogP contribution in [0, 0.1) is 0 Å². The number of hydrogen-bond acceptors (Lipinski definition) is 4. The van der Waals surface area contributed by atoms with Crippen LogP contribution >= 0.6 is 34.9 Å². The summed E-state index contributed by atoms with van der Waals surface area (Å²) in [4.78, 5) is 3.76. The monoisotopic (exact) mass is 260 g/mol. The second kappa shape index (κ2) is 5.57. The molecule has 2 nitrogen and oxygen atoms in total. The van der Waals surface area contributed by atoms with Crippen LogP contribution in [-0.4, -0.2) is 15.1 Å². The summed E-state index contributed by atoms with van der Waals surface area (Å²) in [5.74, 6) is -1.19. The van der Waals surface area contributed by atoms with E-state index in [-0.39, 0.29) is 17.5 Å². The number of hydrogen-bond donors (Lipinski definition) is 0. The van der Waals surface area contributed by atoms with Crippen molar-refractivity contribution in [1.29, 1.82) is 0 Å². The fourth-order valence-corrected chi connectivity index (χ4v) is 2.36. The third-order valence-electron chi connectivity index (χ3n) is 1.13. The summed E-state index contributed by atoms with van der Waals surface area (Å²) in [7, 11) is 0. The fourth-order valence-electron chi connectivity index (χ4n) is 0.574. The van der Waals surface area contributed by atoms with Gasteiger partial charge in [-0.25, -0.2) is 4.39 Å². The van der Waals surface area contributed by atoms with Gasteiger partial charge in [-0.15, -0.1) is 0 Å². The average Bonchev–Trinajstić information content (AvgIpc) is 2.51. The fraction of sp³-hybridized carbons (Fsp3) is 0.333. The first-order chi connectivity index (χ1) is 6.59. The third kappa shape index (κ3) is 3.85. The Labute approximate surface area is 91.3 Å². The summed E-state index contributed by atoms with van der Waals surface area (Å²) in [5.41, 5.74) is 0. The number of rotatable bonds is 4. The lowest BCUT2D eigenvalue weighted by Crippen LogP contribution is -1.82. The summed E-state index contributed by atoms with van der Waals surface area (Å²) in [5, 5.41) is 0.116. The molecule has 14 heavy (non-hydrogen) atoms. The molecule has 0 fully saturated rings. The molecule has 0 saturated heterocycles. The first-order valence-corrected chi connectivity index (χ1v) is 5.55. The van der Waals surface area contributed by atoms with Crippen molar-refractivity contribution in [2.45, 2.75) is 10.8 Å². The molecule has 0 spiro atoms. The van der Waals surface area contributed by atoms with Crippen molar-refractivity contribution in [1.82, 2.24) is 9.36 Å². The molecule has 78 valence electrons. The third-order valence-corrected chi connectivity index (χ3v) is 3.24. The van der Waals surface area contributed by atoms with Gasteiger partial charge in [0, 0.05) is 12.2 Å². The minimum absolute atomic E-state index is 0.116. The van der Waals surface area contributed by atoms with Gasteiger partial charge < -0.3 is 0 Å². The van der Waals surface area contributed by atoms with E-state index in [4.69, 9.17) is 11.6 Å². The molecular weight excluding hydrogens is 257 g/mol. The quantitative estimate of drug-likeness (QED) is 0.771. The molecule has 0 aliphatic heterocycles. The van der Waals surface area contributed by atoms with Crippen LogP contribution in [-0.2, 0) is 0 Å². The summed E-state index contributed by atoms with van der Waals surface area (Å²) in [6.45, 7) is 0. The summed E-state index contributed by atoms with van der Waals surface area (Å²) in [6, 6.07) is 0. The second-order valence-electron chi connectivity index (χ2n) is 2.09. The van der Waals surface area contributed by atoms with Crippen molar-refractivity contribution in [3.05, 3.63) is 17.2 Å². The van der Waals surface area contributed by atoms with Crippen molar-refractivity contribution >= 4 is 34.9 Å². The first-order valence-electron chi connectivity index (χ1n) is 3.41. The van der Waals surface area contributed by atoms with Crippen LogP contribution in [0.15, 0.2) is 16.2 Å². The zero-order chi connectivity index (χ0) is 10.6. The Balaban J connectivity index is 2.32. The molecule has 0 aliphatic rings. The SMILES string of the molecule is FC(F)=C(F)CCSc1nc(Cl)ns1. The Morgan fingerprint density at radius 3 is 2.64 bits per heavy atom. The predicted octanol–water partition coefficient (Wildman–Crippen LogP) is 3.75. The number of allylic oxidation sites excluding steroid dienone is 1. The van der Waals surface area contributed by atoms with Crippen LogP contribution in [0.3, 0.4) is 0 Å². The molecule has 0 bridgehead atoms. The molecule has 1 rings (SSSR count). The van der Waals surface area contributed by atoms with Gasteiger partial charge in [0.1, 0.15) is 0 Å². The summed E-state index contributed by atoms with van der Waals surface area (Å²) in [6.07, 6.45) is -2.58. The summed E-state index contributed by atoms with van der Waals surface area (Å²) < 4.78 is 39.7. The molecule has 1 heterocycles. The van der Waals surface area contributed by atoms with E-state index in [0.717, 1.165) is 23.3 Å². The highest BCUT2D eigenvalue weighted by molar-refractivity contribution is 8.00. The maximum absolute atomic E-state index is 12.3. The van der Waals surface area contributed by atoms with Gasteiger partial charge in [0.15, 0.2) is 10.2 Å². The molecule has 0 atom stereocenters. The van der Waals surface area contributed by atoms with Crippen molar-refractivity contribution in [3.63, 3.8) is 0 Å². The first kappa shape index (κ1) is 11.8.